The van der Waals surface area contributed by atoms with Crippen molar-refractivity contribution in [2.45, 2.75) is 44.2 Å². The van der Waals surface area contributed by atoms with E-state index in [1.807, 2.05) is 7.11 Å². The molecule has 0 aromatic rings. The summed E-state index contributed by atoms with van der Waals surface area (Å²) in [4.78, 5) is 2.57. The standard InChI is InChI=1S/C12H24N2O/c1-15-12-3-2-6-14(9-12)8-10-4-5-11(13)7-10/h10-12H,2-9,13H2,1H3. The highest BCUT2D eigenvalue weighted by atomic mass is 16.5. The van der Waals surface area contributed by atoms with E-state index in [9.17, 15) is 0 Å². The number of likely N-dealkylation sites (tertiary alicyclic amines) is 1. The van der Waals surface area contributed by atoms with Crippen LogP contribution in [0, 0.1) is 5.92 Å². The van der Waals surface area contributed by atoms with E-state index in [1.165, 1.54) is 45.2 Å². The normalized spacial score (nSPS) is 38.4. The fourth-order valence-corrected chi connectivity index (χ4v) is 3.02. The minimum atomic E-state index is 0.467. The molecule has 3 atom stereocenters. The van der Waals surface area contributed by atoms with Gasteiger partial charge in [0.05, 0.1) is 6.10 Å². The third-order valence-corrected chi connectivity index (χ3v) is 3.89. The van der Waals surface area contributed by atoms with E-state index in [2.05, 4.69) is 4.90 Å². The molecule has 1 aliphatic carbocycles. The van der Waals surface area contributed by atoms with Crippen LogP contribution in [0.3, 0.4) is 0 Å². The van der Waals surface area contributed by atoms with Crippen LogP contribution in [0.4, 0.5) is 0 Å². The van der Waals surface area contributed by atoms with Crippen molar-refractivity contribution in [1.82, 2.24) is 4.90 Å². The molecular formula is C12H24N2O. The molecule has 0 amide bonds. The van der Waals surface area contributed by atoms with Gasteiger partial charge in [0, 0.05) is 26.2 Å². The maximum absolute atomic E-state index is 5.94. The van der Waals surface area contributed by atoms with Crippen LogP contribution in [0.15, 0.2) is 0 Å². The van der Waals surface area contributed by atoms with Crippen molar-refractivity contribution in [3.05, 3.63) is 0 Å². The van der Waals surface area contributed by atoms with Crippen molar-refractivity contribution in [2.75, 3.05) is 26.7 Å². The summed E-state index contributed by atoms with van der Waals surface area (Å²) in [7, 11) is 1.83. The molecule has 1 saturated carbocycles. The molecule has 0 spiro atoms. The molecule has 1 saturated heterocycles. The van der Waals surface area contributed by atoms with Crippen molar-refractivity contribution >= 4 is 0 Å². The van der Waals surface area contributed by atoms with E-state index < -0.39 is 0 Å². The second-order valence-corrected chi connectivity index (χ2v) is 5.20. The van der Waals surface area contributed by atoms with Crippen molar-refractivity contribution < 1.29 is 4.74 Å². The molecule has 2 fully saturated rings. The number of hydrogen-bond donors (Lipinski definition) is 1. The van der Waals surface area contributed by atoms with Gasteiger partial charge in [-0.3, -0.25) is 0 Å². The van der Waals surface area contributed by atoms with E-state index in [-0.39, 0.29) is 0 Å². The van der Waals surface area contributed by atoms with Crippen LogP contribution in [0.5, 0.6) is 0 Å². The number of hydrogen-bond acceptors (Lipinski definition) is 3. The second-order valence-electron chi connectivity index (χ2n) is 5.20. The van der Waals surface area contributed by atoms with E-state index in [0.29, 0.717) is 12.1 Å². The highest BCUT2D eigenvalue weighted by molar-refractivity contribution is 4.82. The molecule has 0 aromatic heterocycles. The smallest absolute Gasteiger partial charge is 0.0698 e. The van der Waals surface area contributed by atoms with E-state index in [1.54, 1.807) is 0 Å². The molecule has 3 unspecified atom stereocenters. The Kier molecular flexibility index (Phi) is 4.00. The monoisotopic (exact) mass is 212 g/mol. The Hall–Kier alpha value is -0.120. The highest BCUT2D eigenvalue weighted by Crippen LogP contribution is 2.26. The van der Waals surface area contributed by atoms with Gasteiger partial charge in [0.25, 0.3) is 0 Å². The van der Waals surface area contributed by atoms with Gasteiger partial charge in [-0.15, -0.1) is 0 Å². The number of piperidine rings is 1. The SMILES string of the molecule is COC1CCCN(CC2CCC(N)C2)C1. The van der Waals surface area contributed by atoms with Crippen LogP contribution in [-0.2, 0) is 4.74 Å². The van der Waals surface area contributed by atoms with Crippen molar-refractivity contribution in [3.8, 4) is 0 Å². The molecule has 3 nitrogen and oxygen atoms in total. The summed E-state index contributed by atoms with van der Waals surface area (Å²) in [5.74, 6) is 0.843. The average molecular weight is 212 g/mol. The van der Waals surface area contributed by atoms with Gasteiger partial charge in [-0.05, 0) is 44.6 Å². The van der Waals surface area contributed by atoms with E-state index >= 15 is 0 Å². The minimum Gasteiger partial charge on any atom is -0.380 e. The maximum Gasteiger partial charge on any atom is 0.0698 e. The van der Waals surface area contributed by atoms with Crippen molar-refractivity contribution in [3.63, 3.8) is 0 Å². The van der Waals surface area contributed by atoms with Gasteiger partial charge in [-0.25, -0.2) is 0 Å². The molecule has 2 aliphatic rings. The van der Waals surface area contributed by atoms with E-state index in [4.69, 9.17) is 10.5 Å². The summed E-state index contributed by atoms with van der Waals surface area (Å²) in [6, 6.07) is 0.470. The van der Waals surface area contributed by atoms with Crippen molar-refractivity contribution in [2.24, 2.45) is 11.7 Å². The Morgan fingerprint density at radius 3 is 2.87 bits per heavy atom. The van der Waals surface area contributed by atoms with Crippen LogP contribution >= 0.6 is 0 Å². The molecule has 88 valence electrons. The number of rotatable bonds is 3. The topological polar surface area (TPSA) is 38.5 Å². The molecule has 2 N–H and O–H groups in total. The van der Waals surface area contributed by atoms with Gasteiger partial charge in [0.15, 0.2) is 0 Å². The molecule has 15 heavy (non-hydrogen) atoms. The molecule has 0 bridgehead atoms. The summed E-state index contributed by atoms with van der Waals surface area (Å²) in [6.45, 7) is 3.63. The molecular weight excluding hydrogens is 188 g/mol. The fourth-order valence-electron chi connectivity index (χ4n) is 3.02. The molecule has 1 aliphatic heterocycles. The zero-order valence-electron chi connectivity index (χ0n) is 9.82. The van der Waals surface area contributed by atoms with Crippen LogP contribution in [0.2, 0.25) is 0 Å². The van der Waals surface area contributed by atoms with Crippen LogP contribution in [0.25, 0.3) is 0 Å². The predicted molar refractivity (Wildman–Crippen MR) is 61.8 cm³/mol. The van der Waals surface area contributed by atoms with Gasteiger partial charge >= 0.3 is 0 Å². The molecule has 3 heteroatoms. The number of ether oxygens (including phenoxy) is 1. The summed E-state index contributed by atoms with van der Waals surface area (Å²) in [5.41, 5.74) is 5.94. The Morgan fingerprint density at radius 2 is 2.20 bits per heavy atom. The lowest BCUT2D eigenvalue weighted by atomic mass is 10.0. The molecule has 2 rings (SSSR count). The first kappa shape index (κ1) is 11.4. The highest BCUT2D eigenvalue weighted by Gasteiger charge is 2.26. The molecule has 1 heterocycles. The Balaban J connectivity index is 1.74. The number of nitrogens with zero attached hydrogens (tertiary/aromatic N) is 1. The third kappa shape index (κ3) is 3.16. The van der Waals surface area contributed by atoms with Gasteiger partial charge in [-0.2, -0.15) is 0 Å². The maximum atomic E-state index is 5.94. The summed E-state index contributed by atoms with van der Waals surface area (Å²) in [5, 5.41) is 0. The van der Waals surface area contributed by atoms with Crippen LogP contribution in [0.1, 0.15) is 32.1 Å². The lowest BCUT2D eigenvalue weighted by molar-refractivity contribution is 0.0261. The predicted octanol–water partition coefficient (Wildman–Crippen LogP) is 1.22. The number of nitrogens with two attached hydrogens (primary N) is 1. The zero-order chi connectivity index (χ0) is 10.7. The first-order valence-electron chi connectivity index (χ1n) is 6.28. The Morgan fingerprint density at radius 1 is 1.33 bits per heavy atom. The van der Waals surface area contributed by atoms with Gasteiger partial charge in [0.2, 0.25) is 0 Å². The average Bonchev–Trinajstić information content (AvgIpc) is 2.64. The zero-order valence-corrected chi connectivity index (χ0v) is 9.82. The van der Waals surface area contributed by atoms with Crippen LogP contribution < -0.4 is 5.73 Å². The van der Waals surface area contributed by atoms with Gasteiger partial charge < -0.3 is 15.4 Å². The van der Waals surface area contributed by atoms with Crippen LogP contribution in [-0.4, -0.2) is 43.8 Å². The Labute approximate surface area is 93.0 Å². The fraction of sp³-hybridized carbons (Fsp3) is 1.00. The summed E-state index contributed by atoms with van der Waals surface area (Å²) >= 11 is 0. The largest absolute Gasteiger partial charge is 0.380 e. The molecule has 0 aromatic carbocycles. The minimum absolute atomic E-state index is 0.467. The van der Waals surface area contributed by atoms with Gasteiger partial charge in [-0.1, -0.05) is 0 Å². The number of methoxy groups -OCH3 is 1. The lowest BCUT2D eigenvalue weighted by Crippen LogP contribution is -2.41. The first-order chi connectivity index (χ1) is 7.28. The molecule has 0 radical (unpaired) electrons. The Bertz CT molecular complexity index is 198. The summed E-state index contributed by atoms with van der Waals surface area (Å²) < 4.78 is 5.44. The summed E-state index contributed by atoms with van der Waals surface area (Å²) in [6.07, 6.45) is 6.78. The quantitative estimate of drug-likeness (QED) is 0.764. The van der Waals surface area contributed by atoms with Gasteiger partial charge in [0.1, 0.15) is 0 Å². The van der Waals surface area contributed by atoms with Crippen molar-refractivity contribution in [1.29, 1.82) is 0 Å². The second kappa shape index (κ2) is 5.28. The first-order valence-corrected chi connectivity index (χ1v) is 6.28. The third-order valence-electron chi connectivity index (χ3n) is 3.89. The van der Waals surface area contributed by atoms with E-state index in [0.717, 1.165) is 12.5 Å². The lowest BCUT2D eigenvalue weighted by Gasteiger charge is -2.33.